The number of allylic oxidation sites excluding steroid dienone is 1. The van der Waals surface area contributed by atoms with Gasteiger partial charge >= 0.3 is 5.97 Å². The zero-order chi connectivity index (χ0) is 36.5. The molecule has 0 radical (unpaired) electrons. The third kappa shape index (κ3) is 9.27. The van der Waals surface area contributed by atoms with Crippen LogP contribution < -0.4 is 16.0 Å². The minimum atomic E-state index is -1.10. The van der Waals surface area contributed by atoms with Gasteiger partial charge in [0.1, 0.15) is 48.7 Å². The number of ether oxygens (including phenoxy) is 1. The van der Waals surface area contributed by atoms with E-state index in [1.807, 2.05) is 6.92 Å². The Bertz CT molecular complexity index is 1480. The number of cyclic esters (lactones) is 1. The molecule has 3 heterocycles. The molecule has 1 aromatic rings. The number of hydrogen-bond acceptors (Lipinski definition) is 8. The quantitative estimate of drug-likeness (QED) is 0.273. The number of benzene rings is 1. The molecular formula is C36H49FN6O7. The lowest BCUT2D eigenvalue weighted by Gasteiger charge is -2.36. The number of nitrogens with zero attached hydrogens (tertiary/aromatic N) is 3. The van der Waals surface area contributed by atoms with Crippen LogP contribution in [0.15, 0.2) is 48.7 Å². The van der Waals surface area contributed by atoms with Gasteiger partial charge in [0, 0.05) is 32.3 Å². The highest BCUT2D eigenvalue weighted by Crippen LogP contribution is 2.27. The molecule has 3 fully saturated rings. The first-order valence-electron chi connectivity index (χ1n) is 17.3. The summed E-state index contributed by atoms with van der Waals surface area (Å²) in [5, 5.41) is 8.30. The summed E-state index contributed by atoms with van der Waals surface area (Å²) in [5.41, 5.74) is 0.904. The summed E-state index contributed by atoms with van der Waals surface area (Å²) < 4.78 is 19.4. The molecule has 3 aliphatic rings. The van der Waals surface area contributed by atoms with Gasteiger partial charge in [0.15, 0.2) is 0 Å². The molecule has 0 spiro atoms. The molecule has 50 heavy (non-hydrogen) atoms. The molecule has 272 valence electrons. The summed E-state index contributed by atoms with van der Waals surface area (Å²) >= 11 is 0. The number of nitrogens with one attached hydrogen (secondary N) is 3. The van der Waals surface area contributed by atoms with Crippen LogP contribution in [-0.4, -0.2) is 113 Å². The molecule has 3 saturated heterocycles. The molecule has 0 aliphatic carbocycles. The maximum Gasteiger partial charge on any atom is 0.328 e. The fraction of sp³-hybridized carbons (Fsp3) is 0.556. The maximum absolute atomic E-state index is 14.0. The number of carbonyl (C=O) groups is 6. The Morgan fingerprint density at radius 3 is 2.38 bits per heavy atom. The molecule has 4 rings (SSSR count). The lowest BCUT2D eigenvalue weighted by atomic mass is 10.0. The van der Waals surface area contributed by atoms with Crippen molar-refractivity contribution in [1.82, 2.24) is 30.7 Å². The minimum Gasteiger partial charge on any atom is -0.462 e. The van der Waals surface area contributed by atoms with Gasteiger partial charge in [0.25, 0.3) is 0 Å². The van der Waals surface area contributed by atoms with Crippen LogP contribution >= 0.6 is 0 Å². The van der Waals surface area contributed by atoms with Crippen LogP contribution in [0.4, 0.5) is 4.39 Å². The molecule has 6 atom stereocenters. The molecule has 1 aromatic carbocycles. The number of fused-ring (bicyclic) bond motifs is 2. The van der Waals surface area contributed by atoms with Crippen LogP contribution in [0.25, 0.3) is 0 Å². The standard InChI is InChI=1S/C36H49FN6O7/c1-6-7-8-13-31(44)39-27(20-25-14-16-26(37)17-15-25)33(46)40-28-21-50-36(49)30-12-10-19-43(30)34(47)22(2)38-32(45)24(4)41(5)35(48)29-11-9-18-42(29)23(28)3/h8,13-17,22,24,27-30H,3,6-7,9-12,18-21H2,1-2,4-5H3,(H,38,45)(H,39,44)(H,40,46)/b13-8+/t22-,24-,27-,28-,29-,30-/m0/s1. The van der Waals surface area contributed by atoms with E-state index in [0.717, 1.165) is 6.42 Å². The molecule has 13 nitrogen and oxygen atoms in total. The lowest BCUT2D eigenvalue weighted by Crippen LogP contribution is -2.58. The van der Waals surface area contributed by atoms with Crippen LogP contribution in [0.5, 0.6) is 0 Å². The first kappa shape index (κ1) is 38.1. The first-order chi connectivity index (χ1) is 23.8. The maximum atomic E-state index is 14.0. The summed E-state index contributed by atoms with van der Waals surface area (Å²) in [6.07, 6.45) is 6.60. The van der Waals surface area contributed by atoms with Crippen molar-refractivity contribution in [1.29, 1.82) is 0 Å². The second-order valence-electron chi connectivity index (χ2n) is 13.2. The third-order valence-corrected chi connectivity index (χ3v) is 9.57. The van der Waals surface area contributed by atoms with E-state index in [4.69, 9.17) is 4.74 Å². The van der Waals surface area contributed by atoms with Crippen LogP contribution in [0.3, 0.4) is 0 Å². The lowest BCUT2D eigenvalue weighted by molar-refractivity contribution is -0.155. The smallest absolute Gasteiger partial charge is 0.328 e. The van der Waals surface area contributed by atoms with Gasteiger partial charge in [0.05, 0.1) is 0 Å². The van der Waals surface area contributed by atoms with Crippen molar-refractivity contribution in [3.05, 3.63) is 60.1 Å². The number of likely N-dealkylation sites (N-methyl/N-ethyl adjacent to an activating group) is 1. The number of rotatable bonds is 8. The Hall–Kier alpha value is -4.75. The molecule has 3 N–H and O–H groups in total. The van der Waals surface area contributed by atoms with Gasteiger partial charge in [-0.25, -0.2) is 9.18 Å². The van der Waals surface area contributed by atoms with E-state index in [2.05, 4.69) is 22.5 Å². The summed E-state index contributed by atoms with van der Waals surface area (Å²) in [4.78, 5) is 85.1. The highest BCUT2D eigenvalue weighted by molar-refractivity contribution is 5.95. The summed E-state index contributed by atoms with van der Waals surface area (Å²) in [6, 6.07) is -0.00566. The van der Waals surface area contributed by atoms with Crippen molar-refractivity contribution in [3.63, 3.8) is 0 Å². The van der Waals surface area contributed by atoms with Gasteiger partial charge in [-0.15, -0.1) is 0 Å². The SMILES string of the molecule is C=C1[C@@H](NC(=O)[C@H](Cc2ccc(F)cc2)NC(=O)/C=C/CCC)COC(=O)[C@@H]2CCCN2C(=O)[C@H](C)NC(=O)[C@H](C)N(C)C(=O)[C@@H]2CCCN12. The molecular weight excluding hydrogens is 647 g/mol. The van der Waals surface area contributed by atoms with Crippen LogP contribution in [0.2, 0.25) is 0 Å². The molecule has 0 saturated carbocycles. The molecule has 14 heteroatoms. The second-order valence-corrected chi connectivity index (χ2v) is 13.2. The van der Waals surface area contributed by atoms with E-state index in [-0.39, 0.29) is 18.9 Å². The Balaban J connectivity index is 1.65. The van der Waals surface area contributed by atoms with E-state index < -0.39 is 71.7 Å². The van der Waals surface area contributed by atoms with Crippen LogP contribution in [0.1, 0.15) is 64.9 Å². The van der Waals surface area contributed by atoms with Gasteiger partial charge in [-0.3, -0.25) is 24.0 Å². The largest absolute Gasteiger partial charge is 0.462 e. The number of halogens is 1. The fourth-order valence-corrected chi connectivity index (χ4v) is 6.49. The average Bonchev–Trinajstić information content (AvgIpc) is 3.79. The first-order valence-corrected chi connectivity index (χ1v) is 17.3. The van der Waals surface area contributed by atoms with Crippen molar-refractivity contribution in [2.24, 2.45) is 0 Å². The van der Waals surface area contributed by atoms with Gasteiger partial charge in [0.2, 0.25) is 29.5 Å². The number of carbonyl (C=O) groups excluding carboxylic acids is 6. The Labute approximate surface area is 292 Å². The monoisotopic (exact) mass is 696 g/mol. The zero-order valence-electron chi connectivity index (χ0n) is 29.3. The van der Waals surface area contributed by atoms with Gasteiger partial charge in [-0.1, -0.05) is 38.1 Å². The van der Waals surface area contributed by atoms with E-state index in [1.165, 1.54) is 54.1 Å². The van der Waals surface area contributed by atoms with Crippen molar-refractivity contribution >= 4 is 35.5 Å². The van der Waals surface area contributed by atoms with E-state index in [0.29, 0.717) is 56.5 Å². The van der Waals surface area contributed by atoms with Crippen LogP contribution in [0, 0.1) is 5.82 Å². The molecule has 0 unspecified atom stereocenters. The summed E-state index contributed by atoms with van der Waals surface area (Å²) in [5.74, 6) is -3.53. The zero-order valence-corrected chi connectivity index (χ0v) is 29.3. The Kier molecular flexibility index (Phi) is 13.1. The predicted octanol–water partition coefficient (Wildman–Crippen LogP) is 1.57. The normalized spacial score (nSPS) is 26.0. The highest BCUT2D eigenvalue weighted by Gasteiger charge is 2.41. The summed E-state index contributed by atoms with van der Waals surface area (Å²) in [6.45, 7) is 9.68. The van der Waals surface area contributed by atoms with Crippen molar-refractivity contribution in [2.75, 3.05) is 26.7 Å². The second kappa shape index (κ2) is 17.3. The number of hydrogen-bond donors (Lipinski definition) is 3. The van der Waals surface area contributed by atoms with Gasteiger partial charge < -0.3 is 35.4 Å². The van der Waals surface area contributed by atoms with E-state index in [9.17, 15) is 33.2 Å². The molecule has 3 aliphatic heterocycles. The Morgan fingerprint density at radius 1 is 1.04 bits per heavy atom. The van der Waals surface area contributed by atoms with E-state index >= 15 is 0 Å². The van der Waals surface area contributed by atoms with E-state index in [1.54, 1.807) is 17.9 Å². The fourth-order valence-electron chi connectivity index (χ4n) is 6.49. The number of unbranched alkanes of at least 4 members (excludes halogenated alkanes) is 1. The molecule has 0 aromatic heterocycles. The van der Waals surface area contributed by atoms with Crippen LogP contribution in [-0.2, 0) is 39.9 Å². The number of amides is 5. The Morgan fingerprint density at radius 2 is 1.70 bits per heavy atom. The predicted molar refractivity (Wildman–Crippen MR) is 182 cm³/mol. The summed E-state index contributed by atoms with van der Waals surface area (Å²) in [7, 11) is 1.52. The van der Waals surface area contributed by atoms with Crippen molar-refractivity contribution in [2.45, 2.75) is 102 Å². The minimum absolute atomic E-state index is 0.0331. The molecule has 0 bridgehead atoms. The average molecular weight is 697 g/mol. The van der Waals surface area contributed by atoms with Crippen molar-refractivity contribution in [3.8, 4) is 0 Å². The van der Waals surface area contributed by atoms with Gasteiger partial charge in [-0.05, 0) is 69.7 Å². The van der Waals surface area contributed by atoms with Gasteiger partial charge in [-0.2, -0.15) is 0 Å². The third-order valence-electron chi connectivity index (χ3n) is 9.57. The highest BCUT2D eigenvalue weighted by atomic mass is 19.1. The topological polar surface area (TPSA) is 157 Å². The number of esters is 1. The van der Waals surface area contributed by atoms with Crippen molar-refractivity contribution < 1.29 is 37.9 Å². The molecule has 5 amide bonds.